The first-order valence-electron chi connectivity index (χ1n) is 8.25. The number of benzene rings is 1. The van der Waals surface area contributed by atoms with E-state index in [4.69, 9.17) is 4.42 Å². The van der Waals surface area contributed by atoms with Crippen LogP contribution in [0.25, 0.3) is 0 Å². The van der Waals surface area contributed by atoms with Crippen LogP contribution in [0.4, 0.5) is 0 Å². The average Bonchev–Trinajstić information content (AvgIpc) is 2.93. The fourth-order valence-corrected chi connectivity index (χ4v) is 2.29. The molecule has 1 aromatic heterocycles. The molecule has 9 heteroatoms. The monoisotopic (exact) mass is 549 g/mol. The summed E-state index contributed by atoms with van der Waals surface area (Å²) in [6.45, 7) is 4.81. The van der Waals surface area contributed by atoms with Crippen LogP contribution in [-0.4, -0.2) is 42.4 Å². The van der Waals surface area contributed by atoms with E-state index >= 15 is 0 Å². The number of guanidine groups is 1. The van der Waals surface area contributed by atoms with Crippen molar-refractivity contribution in [1.29, 1.82) is 0 Å². The molecule has 0 aliphatic carbocycles. The van der Waals surface area contributed by atoms with Crippen LogP contribution in [0.15, 0.2) is 38.1 Å². The number of aryl methyl sites for hydroxylation is 2. The first kappa shape index (κ1) is 23.4. The van der Waals surface area contributed by atoms with Gasteiger partial charge in [0, 0.05) is 18.6 Å². The molecule has 2 N–H and O–H groups in total. The predicted octanol–water partition coefficient (Wildman–Crippen LogP) is 3.00. The van der Waals surface area contributed by atoms with Crippen LogP contribution in [0.5, 0.6) is 0 Å². The van der Waals surface area contributed by atoms with Gasteiger partial charge in [-0.1, -0.05) is 28.1 Å². The molecule has 148 valence electrons. The Kier molecular flexibility index (Phi) is 9.78. The normalized spacial score (nSPS) is 10.9. The second-order valence-electron chi connectivity index (χ2n) is 6.04. The summed E-state index contributed by atoms with van der Waals surface area (Å²) in [7, 11) is 3.43. The highest BCUT2D eigenvalue weighted by Gasteiger charge is 2.09. The van der Waals surface area contributed by atoms with E-state index in [0.29, 0.717) is 24.9 Å². The summed E-state index contributed by atoms with van der Waals surface area (Å²) in [5.74, 6) is 1.87. The van der Waals surface area contributed by atoms with Gasteiger partial charge in [-0.05, 0) is 31.5 Å². The summed E-state index contributed by atoms with van der Waals surface area (Å²) in [5, 5.41) is 6.20. The maximum absolute atomic E-state index is 11.8. The van der Waals surface area contributed by atoms with Crippen molar-refractivity contribution in [2.75, 3.05) is 20.6 Å². The fourth-order valence-electron chi connectivity index (χ4n) is 2.03. The number of rotatable bonds is 6. The number of amides is 1. The van der Waals surface area contributed by atoms with Crippen molar-refractivity contribution < 1.29 is 9.21 Å². The molecule has 1 heterocycles. The molecule has 2 rings (SSSR count). The lowest BCUT2D eigenvalue weighted by Crippen LogP contribution is -2.42. The number of nitrogens with zero attached hydrogens (tertiary/aromatic N) is 3. The standard InChI is InChI=1S/C18H24BrN5O2.HI/c1-12-13(2)26-16(23-12)10-21-18(22-11-17(25)24(3)4)20-9-14-5-7-15(19)8-6-14;/h5-8H,9-11H2,1-4H3,(H2,20,21,22);1H. The largest absolute Gasteiger partial charge is 0.444 e. The van der Waals surface area contributed by atoms with Crippen LogP contribution in [0.2, 0.25) is 0 Å². The Balaban J connectivity index is 0.00000364. The van der Waals surface area contributed by atoms with Crippen LogP contribution in [0.3, 0.4) is 0 Å². The number of halogens is 2. The molecule has 0 radical (unpaired) electrons. The Bertz CT molecular complexity index is 755. The van der Waals surface area contributed by atoms with Crippen LogP contribution in [0, 0.1) is 13.8 Å². The lowest BCUT2D eigenvalue weighted by Gasteiger charge is -2.14. The van der Waals surface area contributed by atoms with Gasteiger partial charge in [-0.2, -0.15) is 0 Å². The fraction of sp³-hybridized carbons (Fsp3) is 0.389. The van der Waals surface area contributed by atoms with Crippen molar-refractivity contribution in [3.63, 3.8) is 0 Å². The number of aromatic nitrogens is 1. The molecule has 0 saturated carbocycles. The highest BCUT2D eigenvalue weighted by Crippen LogP contribution is 2.11. The maximum Gasteiger partial charge on any atom is 0.241 e. The van der Waals surface area contributed by atoms with Crippen LogP contribution >= 0.6 is 39.9 Å². The van der Waals surface area contributed by atoms with Crippen LogP contribution in [-0.2, 0) is 17.9 Å². The van der Waals surface area contributed by atoms with Gasteiger partial charge in [0.05, 0.1) is 25.3 Å². The number of hydrogen-bond acceptors (Lipinski definition) is 4. The molecule has 0 unspecified atom stereocenters. The molecule has 0 aliphatic heterocycles. The Morgan fingerprint density at radius 2 is 1.89 bits per heavy atom. The molecule has 0 saturated heterocycles. The predicted molar refractivity (Wildman–Crippen MR) is 120 cm³/mol. The van der Waals surface area contributed by atoms with Crippen LogP contribution in [0.1, 0.15) is 22.9 Å². The Hall–Kier alpha value is -1.62. The first-order chi connectivity index (χ1) is 12.3. The van der Waals surface area contributed by atoms with Gasteiger partial charge < -0.3 is 20.0 Å². The third kappa shape index (κ3) is 7.87. The molecule has 27 heavy (non-hydrogen) atoms. The molecule has 0 spiro atoms. The quantitative estimate of drug-likeness (QED) is 0.329. The van der Waals surface area contributed by atoms with Crippen molar-refractivity contribution >= 4 is 51.8 Å². The average molecular weight is 550 g/mol. The Morgan fingerprint density at radius 1 is 1.22 bits per heavy atom. The molecule has 7 nitrogen and oxygen atoms in total. The second-order valence-corrected chi connectivity index (χ2v) is 6.95. The summed E-state index contributed by atoms with van der Waals surface area (Å²) < 4.78 is 6.59. The summed E-state index contributed by atoms with van der Waals surface area (Å²) >= 11 is 3.42. The van der Waals surface area contributed by atoms with Gasteiger partial charge in [0.25, 0.3) is 0 Å². The minimum Gasteiger partial charge on any atom is -0.444 e. The molecule has 1 amide bonds. The van der Waals surface area contributed by atoms with Gasteiger partial charge in [0.2, 0.25) is 11.8 Å². The molecule has 2 aromatic rings. The highest BCUT2D eigenvalue weighted by molar-refractivity contribution is 14.0. The number of nitrogens with one attached hydrogen (secondary N) is 2. The third-order valence-corrected chi connectivity index (χ3v) is 4.25. The third-order valence-electron chi connectivity index (χ3n) is 3.72. The molecular formula is C18H25BrIN5O2. The Morgan fingerprint density at radius 3 is 2.44 bits per heavy atom. The zero-order chi connectivity index (χ0) is 19.1. The molecule has 0 atom stereocenters. The lowest BCUT2D eigenvalue weighted by molar-refractivity contribution is -0.127. The SMILES string of the molecule is Cc1nc(CNC(=NCc2ccc(Br)cc2)NCC(=O)N(C)C)oc1C.I. The van der Waals surface area contributed by atoms with Crippen molar-refractivity contribution in [3.8, 4) is 0 Å². The molecule has 0 aliphatic rings. The van der Waals surface area contributed by atoms with Gasteiger partial charge in [-0.3, -0.25) is 4.79 Å². The summed E-state index contributed by atoms with van der Waals surface area (Å²) in [4.78, 5) is 22.2. The van der Waals surface area contributed by atoms with E-state index in [9.17, 15) is 4.79 Å². The molecule has 0 fully saturated rings. The van der Waals surface area contributed by atoms with E-state index in [2.05, 4.69) is 36.5 Å². The van der Waals surface area contributed by atoms with Crippen molar-refractivity contribution in [3.05, 3.63) is 51.6 Å². The van der Waals surface area contributed by atoms with Crippen LogP contribution < -0.4 is 10.6 Å². The van der Waals surface area contributed by atoms with E-state index in [-0.39, 0.29) is 36.4 Å². The van der Waals surface area contributed by atoms with Crippen molar-refractivity contribution in [2.45, 2.75) is 26.9 Å². The van der Waals surface area contributed by atoms with Gasteiger partial charge in [0.15, 0.2) is 5.96 Å². The van der Waals surface area contributed by atoms with E-state index in [0.717, 1.165) is 21.5 Å². The van der Waals surface area contributed by atoms with E-state index in [1.165, 1.54) is 4.90 Å². The number of hydrogen-bond donors (Lipinski definition) is 2. The number of aliphatic imine (C=N–C) groups is 1. The van der Waals surface area contributed by atoms with E-state index in [1.54, 1.807) is 14.1 Å². The minimum absolute atomic E-state index is 0. The molecule has 0 bridgehead atoms. The molecule has 1 aromatic carbocycles. The molecular weight excluding hydrogens is 525 g/mol. The summed E-state index contributed by atoms with van der Waals surface area (Å²) in [6, 6.07) is 7.94. The zero-order valence-electron chi connectivity index (χ0n) is 15.9. The van der Waals surface area contributed by atoms with Gasteiger partial charge in [0.1, 0.15) is 5.76 Å². The zero-order valence-corrected chi connectivity index (χ0v) is 19.8. The summed E-state index contributed by atoms with van der Waals surface area (Å²) in [6.07, 6.45) is 0. The van der Waals surface area contributed by atoms with E-state index in [1.807, 2.05) is 38.1 Å². The number of carbonyl (C=O) groups is 1. The van der Waals surface area contributed by atoms with Gasteiger partial charge >= 0.3 is 0 Å². The second kappa shape index (κ2) is 11.3. The lowest BCUT2D eigenvalue weighted by atomic mass is 10.2. The minimum atomic E-state index is -0.0362. The van der Waals surface area contributed by atoms with Gasteiger partial charge in [-0.15, -0.1) is 24.0 Å². The summed E-state index contributed by atoms with van der Waals surface area (Å²) in [5.41, 5.74) is 1.93. The van der Waals surface area contributed by atoms with E-state index < -0.39 is 0 Å². The van der Waals surface area contributed by atoms with Crippen molar-refractivity contribution in [2.24, 2.45) is 4.99 Å². The smallest absolute Gasteiger partial charge is 0.241 e. The topological polar surface area (TPSA) is 82.8 Å². The number of oxazole rings is 1. The highest BCUT2D eigenvalue weighted by atomic mass is 127. The maximum atomic E-state index is 11.8. The van der Waals surface area contributed by atoms with Gasteiger partial charge in [-0.25, -0.2) is 9.98 Å². The Labute approximate surface area is 185 Å². The number of carbonyl (C=O) groups excluding carboxylic acids is 1. The first-order valence-corrected chi connectivity index (χ1v) is 9.04. The number of likely N-dealkylation sites (N-methyl/N-ethyl adjacent to an activating group) is 1. The van der Waals surface area contributed by atoms with Crippen molar-refractivity contribution in [1.82, 2.24) is 20.5 Å².